The van der Waals surface area contributed by atoms with Crippen LogP contribution < -0.4 is 9.47 Å². The molecule has 0 fully saturated rings. The first kappa shape index (κ1) is 8.89. The summed E-state index contributed by atoms with van der Waals surface area (Å²) in [6.07, 6.45) is 0.826. The van der Waals surface area contributed by atoms with Crippen LogP contribution in [0.5, 0.6) is 11.5 Å². The molecule has 1 atom stereocenters. The summed E-state index contributed by atoms with van der Waals surface area (Å²) in [5.74, 6) is 1.47. The smallest absolute Gasteiger partial charge is 0.161 e. The van der Waals surface area contributed by atoms with E-state index in [-0.39, 0.29) is 5.92 Å². The van der Waals surface area contributed by atoms with E-state index in [9.17, 15) is 0 Å². The van der Waals surface area contributed by atoms with Gasteiger partial charge in [0.2, 0.25) is 0 Å². The van der Waals surface area contributed by atoms with Crippen LogP contribution in [0.1, 0.15) is 17.0 Å². The van der Waals surface area contributed by atoms with Gasteiger partial charge in [0.05, 0.1) is 26.2 Å². The Morgan fingerprint density at radius 3 is 2.50 bits per heavy atom. The van der Waals surface area contributed by atoms with Crippen LogP contribution in [-0.4, -0.2) is 14.2 Å². The first-order valence-corrected chi connectivity index (χ1v) is 4.44. The van der Waals surface area contributed by atoms with E-state index in [0.717, 1.165) is 17.7 Å². The van der Waals surface area contributed by atoms with Crippen LogP contribution in [0, 0.1) is 11.3 Å². The minimum Gasteiger partial charge on any atom is -0.493 e. The zero-order chi connectivity index (χ0) is 10.1. The first-order chi connectivity index (χ1) is 6.80. The van der Waals surface area contributed by atoms with Gasteiger partial charge in [-0.05, 0) is 29.7 Å². The molecule has 3 nitrogen and oxygen atoms in total. The number of fused-ring (bicyclic) bond motifs is 1. The van der Waals surface area contributed by atoms with E-state index in [1.165, 1.54) is 5.56 Å². The van der Waals surface area contributed by atoms with Gasteiger partial charge in [-0.25, -0.2) is 0 Å². The molecule has 0 unspecified atom stereocenters. The van der Waals surface area contributed by atoms with Crippen molar-refractivity contribution in [2.45, 2.75) is 12.3 Å². The van der Waals surface area contributed by atoms with E-state index in [1.54, 1.807) is 14.2 Å². The summed E-state index contributed by atoms with van der Waals surface area (Å²) >= 11 is 0. The Hall–Kier alpha value is -1.69. The van der Waals surface area contributed by atoms with E-state index in [0.29, 0.717) is 5.75 Å². The second-order valence-electron chi connectivity index (χ2n) is 3.29. The Morgan fingerprint density at radius 1 is 1.29 bits per heavy atom. The summed E-state index contributed by atoms with van der Waals surface area (Å²) in [6, 6.07) is 6.09. The molecule has 1 aliphatic carbocycles. The lowest BCUT2D eigenvalue weighted by molar-refractivity contribution is 0.353. The zero-order valence-electron chi connectivity index (χ0n) is 8.20. The van der Waals surface area contributed by atoms with Crippen molar-refractivity contribution in [1.82, 2.24) is 0 Å². The second-order valence-corrected chi connectivity index (χ2v) is 3.29. The Bertz CT molecular complexity index is 406. The molecule has 0 amide bonds. The lowest BCUT2D eigenvalue weighted by Gasteiger charge is -2.26. The summed E-state index contributed by atoms with van der Waals surface area (Å²) in [5, 5.41) is 8.80. The summed E-state index contributed by atoms with van der Waals surface area (Å²) in [6.45, 7) is 0. The fourth-order valence-electron chi connectivity index (χ4n) is 1.75. The molecule has 0 spiro atoms. The molecule has 0 radical (unpaired) electrons. The molecule has 72 valence electrons. The SMILES string of the molecule is COc1cc2c(cc1OC)[C@H](C#N)C2. The Balaban J connectivity index is 2.44. The highest BCUT2D eigenvalue weighted by molar-refractivity contribution is 5.54. The largest absolute Gasteiger partial charge is 0.493 e. The summed E-state index contributed by atoms with van der Waals surface area (Å²) in [5.41, 5.74) is 2.26. The number of hydrogen-bond acceptors (Lipinski definition) is 3. The third-order valence-corrected chi connectivity index (χ3v) is 2.60. The van der Waals surface area contributed by atoms with Gasteiger partial charge in [-0.1, -0.05) is 0 Å². The Kier molecular flexibility index (Phi) is 2.05. The molecular formula is C11H11NO2. The summed E-state index contributed by atoms with van der Waals surface area (Å²) < 4.78 is 10.3. The van der Waals surface area contributed by atoms with Crippen LogP contribution in [-0.2, 0) is 6.42 Å². The van der Waals surface area contributed by atoms with Gasteiger partial charge < -0.3 is 9.47 Å². The third kappa shape index (κ3) is 1.12. The predicted molar refractivity (Wildman–Crippen MR) is 51.6 cm³/mol. The Morgan fingerprint density at radius 2 is 1.93 bits per heavy atom. The van der Waals surface area contributed by atoms with Crippen LogP contribution in [0.15, 0.2) is 12.1 Å². The second kappa shape index (κ2) is 3.22. The fourth-order valence-corrected chi connectivity index (χ4v) is 1.75. The number of benzene rings is 1. The van der Waals surface area contributed by atoms with Crippen molar-refractivity contribution in [3.63, 3.8) is 0 Å². The average molecular weight is 189 g/mol. The molecule has 3 heteroatoms. The van der Waals surface area contributed by atoms with E-state index in [2.05, 4.69) is 6.07 Å². The van der Waals surface area contributed by atoms with Crippen LogP contribution >= 0.6 is 0 Å². The van der Waals surface area contributed by atoms with Gasteiger partial charge in [0, 0.05) is 0 Å². The monoisotopic (exact) mass is 189 g/mol. The number of methoxy groups -OCH3 is 2. The Labute approximate surface area is 82.9 Å². The number of nitrogens with zero attached hydrogens (tertiary/aromatic N) is 1. The minimum absolute atomic E-state index is 0.0322. The number of rotatable bonds is 2. The highest BCUT2D eigenvalue weighted by atomic mass is 16.5. The molecule has 1 aliphatic rings. The average Bonchev–Trinajstić information content (AvgIpc) is 2.20. The molecule has 0 heterocycles. The molecule has 1 aromatic rings. The first-order valence-electron chi connectivity index (χ1n) is 4.44. The normalized spacial score (nSPS) is 17.6. The van der Waals surface area contributed by atoms with E-state index < -0.39 is 0 Å². The van der Waals surface area contributed by atoms with Crippen molar-refractivity contribution in [2.24, 2.45) is 0 Å². The van der Waals surface area contributed by atoms with Crippen molar-refractivity contribution in [3.8, 4) is 17.6 Å². The van der Waals surface area contributed by atoms with Crippen LogP contribution in [0.25, 0.3) is 0 Å². The van der Waals surface area contributed by atoms with Gasteiger partial charge in [0.25, 0.3) is 0 Å². The maximum absolute atomic E-state index is 8.80. The number of nitriles is 1. The molecule has 0 saturated carbocycles. The van der Waals surface area contributed by atoms with Crippen molar-refractivity contribution >= 4 is 0 Å². The van der Waals surface area contributed by atoms with E-state index >= 15 is 0 Å². The maximum Gasteiger partial charge on any atom is 0.161 e. The van der Waals surface area contributed by atoms with Gasteiger partial charge in [0.1, 0.15) is 0 Å². The standard InChI is InChI=1S/C11H11NO2/c1-13-10-4-7-3-8(6-12)9(7)5-11(10)14-2/h4-5,8H,3H2,1-2H3/t8-/m0/s1. The summed E-state index contributed by atoms with van der Waals surface area (Å²) in [4.78, 5) is 0. The van der Waals surface area contributed by atoms with Crippen molar-refractivity contribution in [1.29, 1.82) is 5.26 Å². The lowest BCUT2D eigenvalue weighted by atomic mass is 9.78. The molecule has 14 heavy (non-hydrogen) atoms. The molecule has 0 bridgehead atoms. The quantitative estimate of drug-likeness (QED) is 0.713. The molecule has 0 N–H and O–H groups in total. The molecule has 0 aromatic heterocycles. The van der Waals surface area contributed by atoms with Gasteiger partial charge >= 0.3 is 0 Å². The highest BCUT2D eigenvalue weighted by Gasteiger charge is 2.28. The van der Waals surface area contributed by atoms with Crippen molar-refractivity contribution in [2.75, 3.05) is 14.2 Å². The highest BCUT2D eigenvalue weighted by Crippen LogP contribution is 2.41. The molecule has 0 aliphatic heterocycles. The van der Waals surface area contributed by atoms with Crippen molar-refractivity contribution in [3.05, 3.63) is 23.3 Å². The van der Waals surface area contributed by atoms with Crippen LogP contribution in [0.2, 0.25) is 0 Å². The van der Waals surface area contributed by atoms with Gasteiger partial charge in [-0.3, -0.25) is 0 Å². The van der Waals surface area contributed by atoms with Gasteiger partial charge in [0.15, 0.2) is 11.5 Å². The van der Waals surface area contributed by atoms with E-state index in [4.69, 9.17) is 14.7 Å². The fraction of sp³-hybridized carbons (Fsp3) is 0.364. The van der Waals surface area contributed by atoms with Crippen LogP contribution in [0.3, 0.4) is 0 Å². The zero-order valence-corrected chi connectivity index (χ0v) is 8.20. The van der Waals surface area contributed by atoms with Gasteiger partial charge in [-0.15, -0.1) is 0 Å². The molecule has 1 aromatic carbocycles. The topological polar surface area (TPSA) is 42.2 Å². The molecule has 2 rings (SSSR count). The molecular weight excluding hydrogens is 178 g/mol. The molecule has 0 saturated heterocycles. The lowest BCUT2D eigenvalue weighted by Crippen LogP contribution is -2.15. The number of ether oxygens (including phenoxy) is 2. The number of hydrogen-bond donors (Lipinski definition) is 0. The van der Waals surface area contributed by atoms with Crippen LogP contribution in [0.4, 0.5) is 0 Å². The minimum atomic E-state index is 0.0322. The van der Waals surface area contributed by atoms with Crippen molar-refractivity contribution < 1.29 is 9.47 Å². The third-order valence-electron chi connectivity index (χ3n) is 2.60. The maximum atomic E-state index is 8.80. The van der Waals surface area contributed by atoms with E-state index in [1.807, 2.05) is 12.1 Å². The van der Waals surface area contributed by atoms with Gasteiger partial charge in [-0.2, -0.15) is 5.26 Å². The summed E-state index contributed by atoms with van der Waals surface area (Å²) in [7, 11) is 3.22. The predicted octanol–water partition coefficient (Wildman–Crippen LogP) is 1.87.